The van der Waals surface area contributed by atoms with Crippen LogP contribution in [-0.4, -0.2) is 30.8 Å². The summed E-state index contributed by atoms with van der Waals surface area (Å²) in [6.07, 6.45) is 0.923. The Balaban J connectivity index is 2.15. The lowest BCUT2D eigenvalue weighted by Crippen LogP contribution is -2.27. The first-order chi connectivity index (χ1) is 9.79. The van der Waals surface area contributed by atoms with Gasteiger partial charge in [0, 0.05) is 6.26 Å². The molecule has 7 nitrogen and oxygen atoms in total. The number of nitrogens with one attached hydrogen (secondary N) is 1. The zero-order chi connectivity index (χ0) is 15.6. The summed E-state index contributed by atoms with van der Waals surface area (Å²) in [6.45, 7) is 1.51. The summed E-state index contributed by atoms with van der Waals surface area (Å²) < 4.78 is 40.9. The van der Waals surface area contributed by atoms with Gasteiger partial charge in [-0.05, 0) is 19.1 Å². The molecular weight excluding hydrogens is 301 g/mol. The molecule has 1 aromatic carbocycles. The summed E-state index contributed by atoms with van der Waals surface area (Å²) in [7, 11) is -3.62. The summed E-state index contributed by atoms with van der Waals surface area (Å²) >= 11 is 0. The van der Waals surface area contributed by atoms with Crippen molar-refractivity contribution in [1.82, 2.24) is 15.5 Å². The Hall–Kier alpha value is -2.29. The Kier molecular flexibility index (Phi) is 4.03. The monoisotopic (exact) mass is 313 g/mol. The molecule has 1 N–H and O–H groups in total. The molecule has 0 aliphatic rings. The number of rotatable bonds is 4. The zero-order valence-electron chi connectivity index (χ0n) is 11.2. The van der Waals surface area contributed by atoms with Crippen molar-refractivity contribution >= 4 is 15.7 Å². The molecule has 0 saturated carbocycles. The van der Waals surface area contributed by atoms with Gasteiger partial charge >= 0.3 is 5.22 Å². The molecule has 2 rings (SSSR count). The number of nitrogens with zero attached hydrogens (tertiary/aromatic N) is 2. The Bertz CT molecular complexity index is 772. The van der Waals surface area contributed by atoms with E-state index in [9.17, 15) is 17.6 Å². The summed E-state index contributed by atoms with van der Waals surface area (Å²) in [5, 5.41) is 8.83. The van der Waals surface area contributed by atoms with Crippen molar-refractivity contribution in [3.8, 4) is 0 Å². The van der Waals surface area contributed by atoms with Crippen molar-refractivity contribution in [3.63, 3.8) is 0 Å². The van der Waals surface area contributed by atoms with Gasteiger partial charge in [0.15, 0.2) is 0 Å². The topological polar surface area (TPSA) is 102 Å². The predicted molar refractivity (Wildman–Crippen MR) is 69.7 cm³/mol. The molecule has 21 heavy (non-hydrogen) atoms. The van der Waals surface area contributed by atoms with Gasteiger partial charge in [-0.2, -0.15) is 0 Å². The summed E-state index contributed by atoms with van der Waals surface area (Å²) in [5.41, 5.74) is -0.132. The molecule has 0 unspecified atom stereocenters. The van der Waals surface area contributed by atoms with Crippen molar-refractivity contribution in [2.75, 3.05) is 6.26 Å². The van der Waals surface area contributed by atoms with Gasteiger partial charge < -0.3 is 9.73 Å². The Morgan fingerprint density at radius 3 is 2.57 bits per heavy atom. The highest BCUT2D eigenvalue weighted by Crippen LogP contribution is 2.15. The molecule has 0 fully saturated rings. The number of amides is 1. The lowest BCUT2D eigenvalue weighted by Gasteiger charge is -2.10. The van der Waals surface area contributed by atoms with Crippen molar-refractivity contribution in [1.29, 1.82) is 0 Å². The van der Waals surface area contributed by atoms with E-state index in [4.69, 9.17) is 4.42 Å². The van der Waals surface area contributed by atoms with Crippen LogP contribution in [0.1, 0.15) is 29.2 Å². The summed E-state index contributed by atoms with van der Waals surface area (Å²) in [6, 6.07) is 4.71. The Morgan fingerprint density at radius 1 is 1.33 bits per heavy atom. The van der Waals surface area contributed by atoms with Gasteiger partial charge in [-0.25, -0.2) is 12.8 Å². The van der Waals surface area contributed by atoms with E-state index in [1.165, 1.54) is 25.1 Å². The molecule has 1 atom stereocenters. The van der Waals surface area contributed by atoms with Crippen LogP contribution in [0.2, 0.25) is 0 Å². The van der Waals surface area contributed by atoms with Gasteiger partial charge in [-0.3, -0.25) is 4.79 Å². The van der Waals surface area contributed by atoms with Crippen molar-refractivity contribution in [2.45, 2.75) is 18.2 Å². The molecule has 1 heterocycles. The van der Waals surface area contributed by atoms with Gasteiger partial charge in [-0.15, -0.1) is 5.10 Å². The van der Waals surface area contributed by atoms with Crippen LogP contribution in [0.4, 0.5) is 4.39 Å². The van der Waals surface area contributed by atoms with Crippen LogP contribution in [0.3, 0.4) is 0 Å². The minimum atomic E-state index is -3.62. The van der Waals surface area contributed by atoms with Crippen LogP contribution in [0, 0.1) is 5.82 Å². The van der Waals surface area contributed by atoms with Crippen LogP contribution < -0.4 is 5.32 Å². The van der Waals surface area contributed by atoms with Gasteiger partial charge in [0.05, 0.1) is 5.56 Å². The van der Waals surface area contributed by atoms with E-state index in [1.54, 1.807) is 0 Å². The fourth-order valence-corrected chi connectivity index (χ4v) is 1.95. The van der Waals surface area contributed by atoms with Crippen LogP contribution in [0.5, 0.6) is 0 Å². The van der Waals surface area contributed by atoms with Gasteiger partial charge in [0.1, 0.15) is 11.9 Å². The average molecular weight is 313 g/mol. The molecule has 1 amide bonds. The maximum Gasteiger partial charge on any atom is 0.335 e. The van der Waals surface area contributed by atoms with Crippen LogP contribution >= 0.6 is 0 Å². The van der Waals surface area contributed by atoms with E-state index in [0.29, 0.717) is 0 Å². The maximum absolute atomic E-state index is 13.5. The standard InChI is InChI=1S/C12H12FN3O4S/c1-7(11-15-16-12(20-11)21(2,18)19)14-10(17)8-5-3-4-6-9(8)13/h3-7H,1-2H3,(H,14,17)/t7-/m0/s1. The molecule has 112 valence electrons. The largest absolute Gasteiger partial charge is 0.410 e. The van der Waals surface area contributed by atoms with Gasteiger partial charge in [0.2, 0.25) is 15.7 Å². The fourth-order valence-electron chi connectivity index (χ4n) is 1.53. The van der Waals surface area contributed by atoms with Crippen molar-refractivity contribution in [2.24, 2.45) is 0 Å². The minimum absolute atomic E-state index is 0.0832. The van der Waals surface area contributed by atoms with Crippen molar-refractivity contribution < 1.29 is 22.0 Å². The summed E-state index contributed by atoms with van der Waals surface area (Å²) in [5.74, 6) is -1.41. The van der Waals surface area contributed by atoms with E-state index >= 15 is 0 Å². The number of carbonyl (C=O) groups is 1. The molecule has 0 spiro atoms. The third kappa shape index (κ3) is 3.43. The third-order valence-electron chi connectivity index (χ3n) is 2.58. The van der Waals surface area contributed by atoms with Crippen molar-refractivity contribution in [3.05, 3.63) is 41.5 Å². The molecule has 0 bridgehead atoms. The SMILES string of the molecule is C[C@H](NC(=O)c1ccccc1F)c1nnc(S(C)(=O)=O)o1. The molecular formula is C12H12FN3O4S. The van der Waals surface area contributed by atoms with Crippen LogP contribution in [-0.2, 0) is 9.84 Å². The molecule has 0 radical (unpaired) electrons. The first-order valence-corrected chi connectivity index (χ1v) is 7.77. The first-order valence-electron chi connectivity index (χ1n) is 5.88. The molecule has 0 aliphatic carbocycles. The normalized spacial score (nSPS) is 12.9. The Morgan fingerprint density at radius 2 is 2.00 bits per heavy atom. The highest BCUT2D eigenvalue weighted by atomic mass is 32.2. The number of hydrogen-bond donors (Lipinski definition) is 1. The molecule has 0 aliphatic heterocycles. The zero-order valence-corrected chi connectivity index (χ0v) is 12.0. The number of hydrogen-bond acceptors (Lipinski definition) is 6. The van der Waals surface area contributed by atoms with Crippen LogP contribution in [0.15, 0.2) is 33.9 Å². The lowest BCUT2D eigenvalue weighted by molar-refractivity contribution is 0.0929. The average Bonchev–Trinajstić information content (AvgIpc) is 2.88. The number of carbonyl (C=O) groups excluding carboxylic acids is 1. The second-order valence-electron chi connectivity index (χ2n) is 4.35. The van der Waals surface area contributed by atoms with Gasteiger partial charge in [0.25, 0.3) is 5.91 Å². The number of aromatic nitrogens is 2. The predicted octanol–water partition coefficient (Wildman–Crippen LogP) is 1.10. The Labute approximate surface area is 120 Å². The second kappa shape index (κ2) is 5.60. The number of halogens is 1. The molecule has 9 heteroatoms. The first kappa shape index (κ1) is 15.1. The van der Waals surface area contributed by atoms with E-state index < -0.39 is 32.8 Å². The quantitative estimate of drug-likeness (QED) is 0.907. The van der Waals surface area contributed by atoms with E-state index in [0.717, 1.165) is 12.3 Å². The third-order valence-corrected chi connectivity index (χ3v) is 3.38. The fraction of sp³-hybridized carbons (Fsp3) is 0.250. The number of benzene rings is 1. The molecule has 1 aromatic heterocycles. The van der Waals surface area contributed by atoms with E-state index in [1.807, 2.05) is 0 Å². The summed E-state index contributed by atoms with van der Waals surface area (Å²) in [4.78, 5) is 11.9. The maximum atomic E-state index is 13.5. The highest BCUT2D eigenvalue weighted by molar-refractivity contribution is 7.90. The highest BCUT2D eigenvalue weighted by Gasteiger charge is 2.22. The number of sulfone groups is 1. The second-order valence-corrected chi connectivity index (χ2v) is 6.25. The molecule has 0 saturated heterocycles. The smallest absolute Gasteiger partial charge is 0.335 e. The molecule has 2 aromatic rings. The van der Waals surface area contributed by atoms with E-state index in [2.05, 4.69) is 15.5 Å². The van der Waals surface area contributed by atoms with E-state index in [-0.39, 0.29) is 11.5 Å². The van der Waals surface area contributed by atoms with Crippen LogP contribution in [0.25, 0.3) is 0 Å². The lowest BCUT2D eigenvalue weighted by atomic mass is 10.2. The van der Waals surface area contributed by atoms with Gasteiger partial charge in [-0.1, -0.05) is 17.2 Å². The minimum Gasteiger partial charge on any atom is -0.410 e.